The first-order valence-corrected chi connectivity index (χ1v) is 10.2. The molecular formula is C21H22N2O4S. The number of carbonyl (C=O) groups is 1. The molecule has 0 aliphatic carbocycles. The number of aliphatic carboxylic acids is 1. The molecule has 28 heavy (non-hydrogen) atoms. The second kappa shape index (κ2) is 8.50. The fourth-order valence-corrected chi connectivity index (χ4v) is 3.40. The van der Waals surface area contributed by atoms with Gasteiger partial charge in [0.2, 0.25) is 0 Å². The lowest BCUT2D eigenvalue weighted by Gasteiger charge is -2.25. The van der Waals surface area contributed by atoms with Crippen molar-refractivity contribution >= 4 is 28.6 Å². The molecular weight excluding hydrogens is 376 g/mol. The Balaban J connectivity index is 2.07. The number of rotatable bonds is 8. The number of thioether (sulfide) groups is 1. The van der Waals surface area contributed by atoms with Crippen LogP contribution in [-0.2, 0) is 16.9 Å². The summed E-state index contributed by atoms with van der Waals surface area (Å²) in [5.41, 5.74) is 6.35. The predicted molar refractivity (Wildman–Crippen MR) is 111 cm³/mol. The van der Waals surface area contributed by atoms with Gasteiger partial charge >= 0.3 is 5.97 Å². The van der Waals surface area contributed by atoms with E-state index >= 15 is 0 Å². The summed E-state index contributed by atoms with van der Waals surface area (Å²) in [5.74, 6) is -0.0504. The van der Waals surface area contributed by atoms with Crippen LogP contribution in [0.5, 0.6) is 11.5 Å². The third-order valence-electron chi connectivity index (χ3n) is 4.53. The summed E-state index contributed by atoms with van der Waals surface area (Å²) in [6, 6.07) is 15.9. The summed E-state index contributed by atoms with van der Waals surface area (Å²) >= 11 is 1.52. The quantitative estimate of drug-likeness (QED) is 0.533. The lowest BCUT2D eigenvalue weighted by Crippen LogP contribution is -2.46. The van der Waals surface area contributed by atoms with Crippen LogP contribution >= 0.6 is 11.8 Å². The minimum absolute atomic E-state index is 0.0752. The van der Waals surface area contributed by atoms with Crippen LogP contribution < -0.4 is 10.5 Å². The van der Waals surface area contributed by atoms with E-state index in [1.165, 1.54) is 17.8 Å². The van der Waals surface area contributed by atoms with Crippen molar-refractivity contribution in [1.29, 1.82) is 0 Å². The number of carboxylic acids is 1. The van der Waals surface area contributed by atoms with E-state index in [1.54, 1.807) is 18.2 Å². The number of fused-ring (bicyclic) bond motifs is 1. The van der Waals surface area contributed by atoms with Gasteiger partial charge in [0.25, 0.3) is 0 Å². The molecule has 1 unspecified atom stereocenters. The SMILES string of the molecule is CSCCC(N)(C(=O)O)c1cc(OCc2ccccc2)c2cc(O)ccc2n1. The van der Waals surface area contributed by atoms with Gasteiger partial charge in [0.05, 0.1) is 11.2 Å². The van der Waals surface area contributed by atoms with Crippen molar-refractivity contribution in [3.63, 3.8) is 0 Å². The Bertz CT molecular complexity index is 981. The van der Waals surface area contributed by atoms with Gasteiger partial charge in [-0.2, -0.15) is 11.8 Å². The molecule has 6 nitrogen and oxygen atoms in total. The first-order valence-electron chi connectivity index (χ1n) is 8.76. The zero-order chi connectivity index (χ0) is 20.1. The van der Waals surface area contributed by atoms with E-state index in [1.807, 2.05) is 36.6 Å². The van der Waals surface area contributed by atoms with E-state index in [4.69, 9.17) is 10.5 Å². The molecule has 146 valence electrons. The van der Waals surface area contributed by atoms with Gasteiger partial charge in [0.1, 0.15) is 18.1 Å². The maximum atomic E-state index is 12.0. The molecule has 0 saturated heterocycles. The molecule has 1 aromatic heterocycles. The average Bonchev–Trinajstić information content (AvgIpc) is 2.70. The molecule has 0 radical (unpaired) electrons. The van der Waals surface area contributed by atoms with Crippen molar-refractivity contribution in [2.45, 2.75) is 18.6 Å². The number of nitrogens with two attached hydrogens (primary N) is 1. The smallest absolute Gasteiger partial charge is 0.330 e. The Labute approximate surface area is 167 Å². The van der Waals surface area contributed by atoms with E-state index in [2.05, 4.69) is 4.98 Å². The molecule has 1 atom stereocenters. The molecule has 4 N–H and O–H groups in total. The molecule has 0 saturated carbocycles. The van der Waals surface area contributed by atoms with Crippen LogP contribution in [0, 0.1) is 0 Å². The number of aromatic nitrogens is 1. The van der Waals surface area contributed by atoms with Crippen LogP contribution in [0.4, 0.5) is 0 Å². The molecule has 3 aromatic rings. The maximum absolute atomic E-state index is 12.0. The molecule has 0 fully saturated rings. The molecule has 0 amide bonds. The van der Waals surface area contributed by atoms with Crippen molar-refractivity contribution in [2.24, 2.45) is 5.73 Å². The molecule has 3 rings (SSSR count). The summed E-state index contributed by atoms with van der Waals surface area (Å²) < 4.78 is 5.98. The van der Waals surface area contributed by atoms with Gasteiger partial charge in [-0.25, -0.2) is 9.78 Å². The third kappa shape index (κ3) is 4.21. The van der Waals surface area contributed by atoms with Crippen LogP contribution in [0.15, 0.2) is 54.6 Å². The Kier molecular flexibility index (Phi) is 6.06. The van der Waals surface area contributed by atoms with Crippen LogP contribution in [0.3, 0.4) is 0 Å². The van der Waals surface area contributed by atoms with Crippen LogP contribution in [-0.4, -0.2) is 33.2 Å². The number of carboxylic acid groups (broad SMARTS) is 1. The summed E-state index contributed by atoms with van der Waals surface area (Å²) in [4.78, 5) is 16.4. The monoisotopic (exact) mass is 398 g/mol. The van der Waals surface area contributed by atoms with Crippen LogP contribution in [0.25, 0.3) is 10.9 Å². The largest absolute Gasteiger partial charge is 0.508 e. The highest BCUT2D eigenvalue weighted by Gasteiger charge is 2.38. The summed E-state index contributed by atoms with van der Waals surface area (Å²) in [6.07, 6.45) is 2.13. The fourth-order valence-electron chi connectivity index (χ4n) is 2.87. The number of hydrogen-bond donors (Lipinski definition) is 3. The Hall–Kier alpha value is -2.77. The molecule has 0 spiro atoms. The average molecular weight is 398 g/mol. The number of aromatic hydroxyl groups is 1. The van der Waals surface area contributed by atoms with E-state index in [9.17, 15) is 15.0 Å². The maximum Gasteiger partial charge on any atom is 0.330 e. The zero-order valence-electron chi connectivity index (χ0n) is 15.5. The highest BCUT2D eigenvalue weighted by atomic mass is 32.2. The Morgan fingerprint density at radius 1 is 1.21 bits per heavy atom. The molecule has 0 aliphatic heterocycles. The van der Waals surface area contributed by atoms with Crippen molar-refractivity contribution in [3.05, 3.63) is 65.9 Å². The third-order valence-corrected chi connectivity index (χ3v) is 5.14. The van der Waals surface area contributed by atoms with Crippen molar-refractivity contribution in [1.82, 2.24) is 4.98 Å². The number of ether oxygens (including phenoxy) is 1. The lowest BCUT2D eigenvalue weighted by atomic mass is 9.92. The molecule has 1 heterocycles. The molecule has 0 bridgehead atoms. The standard InChI is InChI=1S/C21H22N2O4S/c1-28-10-9-21(22,20(25)26)19-12-18(27-13-14-5-3-2-4-6-14)16-11-15(24)7-8-17(16)23-19/h2-8,11-12,24H,9-10,13,22H2,1H3,(H,25,26). The highest BCUT2D eigenvalue weighted by molar-refractivity contribution is 7.98. The van der Waals surface area contributed by atoms with Gasteiger partial charge in [-0.05, 0) is 42.2 Å². The van der Waals surface area contributed by atoms with Crippen LogP contribution in [0.2, 0.25) is 0 Å². The minimum atomic E-state index is -1.63. The highest BCUT2D eigenvalue weighted by Crippen LogP contribution is 2.33. The minimum Gasteiger partial charge on any atom is -0.508 e. The predicted octanol–water partition coefficient (Wildman–Crippen LogP) is 3.51. The molecule has 0 aliphatic rings. The summed E-state index contributed by atoms with van der Waals surface area (Å²) in [5, 5.41) is 20.2. The lowest BCUT2D eigenvalue weighted by molar-refractivity contribution is -0.144. The number of phenols is 1. The number of benzene rings is 2. The van der Waals surface area contributed by atoms with Crippen molar-refractivity contribution in [3.8, 4) is 11.5 Å². The normalized spacial score (nSPS) is 13.2. The first kappa shape index (κ1) is 20.0. The van der Waals surface area contributed by atoms with E-state index < -0.39 is 11.5 Å². The van der Waals surface area contributed by atoms with Gasteiger partial charge in [0.15, 0.2) is 5.54 Å². The van der Waals surface area contributed by atoms with Gasteiger partial charge in [-0.15, -0.1) is 0 Å². The topological polar surface area (TPSA) is 106 Å². The second-order valence-corrected chi connectivity index (χ2v) is 7.49. The van der Waals surface area contributed by atoms with Gasteiger partial charge in [-0.1, -0.05) is 30.3 Å². The Morgan fingerprint density at radius 2 is 1.96 bits per heavy atom. The summed E-state index contributed by atoms with van der Waals surface area (Å²) in [6.45, 7) is 0.296. The van der Waals surface area contributed by atoms with Gasteiger partial charge in [0, 0.05) is 11.5 Å². The Morgan fingerprint density at radius 3 is 2.64 bits per heavy atom. The first-order chi connectivity index (χ1) is 13.4. The number of pyridine rings is 1. The molecule has 2 aromatic carbocycles. The number of phenolic OH excluding ortho intramolecular Hbond substituents is 1. The van der Waals surface area contributed by atoms with Crippen molar-refractivity contribution < 1.29 is 19.7 Å². The number of nitrogens with zero attached hydrogens (tertiary/aromatic N) is 1. The van der Waals surface area contributed by atoms with Crippen LogP contribution in [0.1, 0.15) is 17.7 Å². The molecule has 7 heteroatoms. The zero-order valence-corrected chi connectivity index (χ0v) is 16.3. The van der Waals surface area contributed by atoms with Gasteiger partial charge in [-0.3, -0.25) is 0 Å². The van der Waals surface area contributed by atoms with Gasteiger partial charge < -0.3 is 20.7 Å². The van der Waals surface area contributed by atoms with E-state index in [-0.39, 0.29) is 17.9 Å². The second-order valence-electron chi connectivity index (χ2n) is 6.50. The van der Waals surface area contributed by atoms with E-state index in [0.717, 1.165) is 5.56 Å². The fraction of sp³-hybridized carbons (Fsp3) is 0.238. The summed E-state index contributed by atoms with van der Waals surface area (Å²) in [7, 11) is 0. The van der Waals surface area contributed by atoms with E-state index in [0.29, 0.717) is 29.0 Å². The van der Waals surface area contributed by atoms with Crippen molar-refractivity contribution in [2.75, 3.05) is 12.0 Å². The number of hydrogen-bond acceptors (Lipinski definition) is 6.